The van der Waals surface area contributed by atoms with E-state index in [1.165, 1.54) is 0 Å². The van der Waals surface area contributed by atoms with Gasteiger partial charge in [0.2, 0.25) is 5.88 Å². The number of rotatable bonds is 8. The van der Waals surface area contributed by atoms with E-state index in [0.29, 0.717) is 12.5 Å². The predicted octanol–water partition coefficient (Wildman–Crippen LogP) is 7.07. The maximum absolute atomic E-state index is 13.7. The Kier molecular flexibility index (Phi) is 7.18. The van der Waals surface area contributed by atoms with Crippen molar-refractivity contribution in [1.29, 1.82) is 0 Å². The zero-order chi connectivity index (χ0) is 22.9. The van der Waals surface area contributed by atoms with Gasteiger partial charge in [0.1, 0.15) is 0 Å². The number of para-hydroxylation sites is 4. The third-order valence-electron chi connectivity index (χ3n) is 5.04. The molecule has 0 aliphatic carbocycles. The smallest absolute Gasteiger partial charge is 0.260 e. The molecule has 4 nitrogen and oxygen atoms in total. The maximum atomic E-state index is 13.7. The molecule has 0 aromatic heterocycles. The summed E-state index contributed by atoms with van der Waals surface area (Å²) in [6.07, 6.45) is 1.56. The Morgan fingerprint density at radius 3 is 1.27 bits per heavy atom. The van der Waals surface area contributed by atoms with E-state index in [0.717, 1.165) is 22.7 Å². The fourth-order valence-corrected chi connectivity index (χ4v) is 3.60. The summed E-state index contributed by atoms with van der Waals surface area (Å²) in [6.45, 7) is 2.34. The monoisotopic (exact) mass is 434 g/mol. The molecule has 0 saturated heterocycles. The highest BCUT2D eigenvalue weighted by Gasteiger charge is 2.21. The normalized spacial score (nSPS) is 11.0. The molecule has 0 radical (unpaired) electrons. The molecule has 164 valence electrons. The lowest BCUT2D eigenvalue weighted by Gasteiger charge is -2.28. The molecule has 0 N–H and O–H groups in total. The minimum absolute atomic E-state index is 0.201. The molecule has 0 bridgehead atoms. The van der Waals surface area contributed by atoms with Crippen LogP contribution >= 0.6 is 0 Å². The minimum atomic E-state index is -0.201. The molecule has 0 unspecified atom stereocenters. The first-order valence-corrected chi connectivity index (χ1v) is 11.0. The second-order valence-electron chi connectivity index (χ2n) is 7.27. The third-order valence-corrected chi connectivity index (χ3v) is 5.04. The molecule has 4 heteroatoms. The van der Waals surface area contributed by atoms with Crippen LogP contribution in [0.5, 0.6) is 0 Å². The highest BCUT2D eigenvalue weighted by Crippen LogP contribution is 2.31. The van der Waals surface area contributed by atoms with Gasteiger partial charge in [0, 0.05) is 22.7 Å². The molecule has 4 aromatic carbocycles. The highest BCUT2D eigenvalue weighted by atomic mass is 16.5. The summed E-state index contributed by atoms with van der Waals surface area (Å²) in [4.78, 5) is 17.4. The minimum Gasteiger partial charge on any atom is -0.479 e. The Labute approximate surface area is 195 Å². The molecule has 1 amide bonds. The lowest BCUT2D eigenvalue weighted by Crippen LogP contribution is -2.27. The number of carbonyl (C=O) groups is 1. The van der Waals surface area contributed by atoms with Gasteiger partial charge in [0.25, 0.3) is 5.91 Å². The Balaban J connectivity index is 1.81. The van der Waals surface area contributed by atoms with E-state index in [2.05, 4.69) is 0 Å². The van der Waals surface area contributed by atoms with Crippen LogP contribution in [0.15, 0.2) is 133 Å². The van der Waals surface area contributed by atoms with E-state index in [-0.39, 0.29) is 5.91 Å². The summed E-state index contributed by atoms with van der Waals surface area (Å²) < 4.78 is 6.05. The Morgan fingerprint density at radius 1 is 0.606 bits per heavy atom. The Bertz CT molecular complexity index is 1100. The second kappa shape index (κ2) is 10.8. The van der Waals surface area contributed by atoms with Crippen LogP contribution in [0.1, 0.15) is 6.92 Å². The molecule has 0 heterocycles. The zero-order valence-corrected chi connectivity index (χ0v) is 18.5. The number of anilines is 4. The van der Waals surface area contributed by atoms with Gasteiger partial charge in [-0.15, -0.1) is 0 Å². The quantitative estimate of drug-likeness (QED) is 0.220. The standard InChI is InChI=1S/C29H26N2O2/c1-2-33-29(31(26-19-11-5-12-20-26)27-21-13-6-14-22-27)23-28(32)30(24-15-7-3-8-16-24)25-17-9-4-10-18-25/h3-23H,2H2,1H3/b29-23-. The second-order valence-corrected chi connectivity index (χ2v) is 7.27. The fourth-order valence-electron chi connectivity index (χ4n) is 3.60. The lowest BCUT2D eigenvalue weighted by molar-refractivity contribution is -0.113. The van der Waals surface area contributed by atoms with E-state index in [4.69, 9.17) is 4.74 Å². The van der Waals surface area contributed by atoms with Gasteiger partial charge in [-0.25, -0.2) is 0 Å². The van der Waals surface area contributed by atoms with E-state index in [1.54, 1.807) is 11.0 Å². The van der Waals surface area contributed by atoms with Gasteiger partial charge < -0.3 is 4.74 Å². The van der Waals surface area contributed by atoms with Crippen LogP contribution in [-0.2, 0) is 9.53 Å². The van der Waals surface area contributed by atoms with Crippen molar-refractivity contribution in [3.8, 4) is 0 Å². The van der Waals surface area contributed by atoms with Crippen LogP contribution in [-0.4, -0.2) is 12.5 Å². The predicted molar refractivity (Wildman–Crippen MR) is 135 cm³/mol. The van der Waals surface area contributed by atoms with Gasteiger partial charge in [0.15, 0.2) is 0 Å². The van der Waals surface area contributed by atoms with Gasteiger partial charge in [-0.2, -0.15) is 0 Å². The van der Waals surface area contributed by atoms with Crippen LogP contribution < -0.4 is 9.80 Å². The van der Waals surface area contributed by atoms with Gasteiger partial charge in [-0.05, 0) is 55.5 Å². The van der Waals surface area contributed by atoms with E-state index < -0.39 is 0 Å². The average molecular weight is 435 g/mol. The molecule has 4 aromatic rings. The topological polar surface area (TPSA) is 32.8 Å². The molecule has 0 saturated carbocycles. The van der Waals surface area contributed by atoms with Crippen LogP contribution in [0.25, 0.3) is 0 Å². The van der Waals surface area contributed by atoms with Crippen LogP contribution in [0.2, 0.25) is 0 Å². The molecule has 0 aliphatic rings. The molecular formula is C29H26N2O2. The van der Waals surface area contributed by atoms with Crippen LogP contribution in [0.4, 0.5) is 22.7 Å². The number of nitrogens with zero attached hydrogens (tertiary/aromatic N) is 2. The van der Waals surface area contributed by atoms with Crippen molar-refractivity contribution in [2.24, 2.45) is 0 Å². The summed E-state index contributed by atoms with van der Waals surface area (Å²) in [5.74, 6) is 0.254. The number of carbonyl (C=O) groups excluding carboxylic acids is 1. The van der Waals surface area contributed by atoms with Crippen molar-refractivity contribution in [2.45, 2.75) is 6.92 Å². The SMILES string of the molecule is CCO/C(=C\C(=O)N(c1ccccc1)c1ccccc1)N(c1ccccc1)c1ccccc1. The van der Waals surface area contributed by atoms with Crippen molar-refractivity contribution in [2.75, 3.05) is 16.4 Å². The van der Waals surface area contributed by atoms with Crippen molar-refractivity contribution in [3.05, 3.63) is 133 Å². The number of benzene rings is 4. The lowest BCUT2D eigenvalue weighted by atomic mass is 10.2. The Hall–Kier alpha value is -4.31. The van der Waals surface area contributed by atoms with E-state index in [1.807, 2.05) is 133 Å². The molecule has 0 spiro atoms. The molecule has 0 atom stereocenters. The first kappa shape index (κ1) is 21.9. The highest BCUT2D eigenvalue weighted by molar-refractivity contribution is 6.07. The zero-order valence-electron chi connectivity index (χ0n) is 18.5. The van der Waals surface area contributed by atoms with Gasteiger partial charge >= 0.3 is 0 Å². The van der Waals surface area contributed by atoms with E-state index >= 15 is 0 Å². The van der Waals surface area contributed by atoms with Crippen molar-refractivity contribution < 1.29 is 9.53 Å². The molecular weight excluding hydrogens is 408 g/mol. The van der Waals surface area contributed by atoms with Gasteiger partial charge in [-0.1, -0.05) is 72.8 Å². The third kappa shape index (κ3) is 5.31. The fraction of sp³-hybridized carbons (Fsp3) is 0.0690. The van der Waals surface area contributed by atoms with Crippen molar-refractivity contribution >= 4 is 28.7 Å². The summed E-state index contributed by atoms with van der Waals surface area (Å²) in [5, 5.41) is 0. The molecule has 4 rings (SSSR count). The van der Waals surface area contributed by atoms with Crippen molar-refractivity contribution in [3.63, 3.8) is 0 Å². The number of ether oxygens (including phenoxy) is 1. The number of amides is 1. The summed E-state index contributed by atoms with van der Waals surface area (Å²) in [6, 6.07) is 39.0. The van der Waals surface area contributed by atoms with Crippen LogP contribution in [0.3, 0.4) is 0 Å². The van der Waals surface area contributed by atoms with Gasteiger partial charge in [-0.3, -0.25) is 14.6 Å². The summed E-state index contributed by atoms with van der Waals surface area (Å²) >= 11 is 0. The number of hydrogen-bond donors (Lipinski definition) is 0. The molecule has 33 heavy (non-hydrogen) atoms. The summed E-state index contributed by atoms with van der Waals surface area (Å²) in [5.41, 5.74) is 3.38. The molecule has 0 aliphatic heterocycles. The van der Waals surface area contributed by atoms with Gasteiger partial charge in [0.05, 0.1) is 12.7 Å². The van der Waals surface area contributed by atoms with E-state index in [9.17, 15) is 4.79 Å². The Morgan fingerprint density at radius 2 is 0.939 bits per heavy atom. The average Bonchev–Trinajstić information content (AvgIpc) is 2.87. The van der Waals surface area contributed by atoms with Crippen molar-refractivity contribution in [1.82, 2.24) is 0 Å². The largest absolute Gasteiger partial charge is 0.479 e. The number of hydrogen-bond acceptors (Lipinski definition) is 3. The molecule has 0 fully saturated rings. The summed E-state index contributed by atoms with van der Waals surface area (Å²) in [7, 11) is 0. The maximum Gasteiger partial charge on any atom is 0.260 e. The first-order valence-electron chi connectivity index (χ1n) is 11.0. The van der Waals surface area contributed by atoms with Crippen LogP contribution in [0, 0.1) is 0 Å². The first-order chi connectivity index (χ1) is 16.3.